The molecule has 2 amide bonds. The van der Waals surface area contributed by atoms with Gasteiger partial charge in [-0.25, -0.2) is 0 Å². The number of carbonyl (C=O) groups is 2. The predicted molar refractivity (Wildman–Crippen MR) is 145 cm³/mol. The van der Waals surface area contributed by atoms with Gasteiger partial charge in [0, 0.05) is 49.8 Å². The maximum Gasteiger partial charge on any atom is 0.254 e. The number of amides is 2. The van der Waals surface area contributed by atoms with Crippen molar-refractivity contribution in [1.29, 1.82) is 0 Å². The van der Waals surface area contributed by atoms with E-state index in [1.54, 1.807) is 12.1 Å². The van der Waals surface area contributed by atoms with Gasteiger partial charge in [-0.05, 0) is 79.0 Å². The number of likely N-dealkylation sites (tertiary alicyclic amines) is 1. The van der Waals surface area contributed by atoms with Gasteiger partial charge >= 0.3 is 0 Å². The number of hydrogen-bond acceptors (Lipinski definition) is 4. The molecule has 3 aliphatic rings. The third-order valence-corrected chi connectivity index (χ3v) is 8.83. The number of hydrogen-bond donors (Lipinski definition) is 1. The number of pyridine rings is 1. The fraction of sp³-hybridized carbons (Fsp3) is 0.367. The van der Waals surface area contributed by atoms with Gasteiger partial charge in [0.1, 0.15) is 0 Å². The molecule has 0 radical (unpaired) electrons. The number of fused-ring (bicyclic) bond motifs is 1. The van der Waals surface area contributed by atoms with Crippen molar-refractivity contribution in [1.82, 2.24) is 15.2 Å². The second kappa shape index (κ2) is 9.82. The second-order valence-corrected chi connectivity index (χ2v) is 11.0. The van der Waals surface area contributed by atoms with E-state index < -0.39 is 0 Å². The molecule has 0 bridgehead atoms. The number of rotatable bonds is 4. The molecule has 2 aromatic carbocycles. The summed E-state index contributed by atoms with van der Waals surface area (Å²) in [6.45, 7) is 3.66. The first-order valence-electron chi connectivity index (χ1n) is 13.1. The molecule has 6 nitrogen and oxygen atoms in total. The SMILES string of the molecule is O=C(N[C@H]1CCc2c(C(=O)N3CCC4(CCN(c5ccncc5)CC4)C3)cccc21)c1ccccc1Cl. The Morgan fingerprint density at radius 3 is 2.43 bits per heavy atom. The molecule has 1 N–H and O–H groups in total. The van der Waals surface area contributed by atoms with E-state index in [0.29, 0.717) is 10.6 Å². The minimum atomic E-state index is -0.181. The number of halogens is 1. The number of piperidine rings is 1. The lowest BCUT2D eigenvalue weighted by molar-refractivity contribution is 0.0763. The van der Waals surface area contributed by atoms with Gasteiger partial charge < -0.3 is 15.1 Å². The molecule has 3 heterocycles. The zero-order chi connectivity index (χ0) is 25.4. The summed E-state index contributed by atoms with van der Waals surface area (Å²) in [6.07, 6.45) is 8.52. The van der Waals surface area contributed by atoms with Crippen molar-refractivity contribution in [2.75, 3.05) is 31.1 Å². The predicted octanol–water partition coefficient (Wildman–Crippen LogP) is 5.29. The molecular formula is C30H31ClN4O2. The molecule has 6 rings (SSSR count). The third-order valence-electron chi connectivity index (χ3n) is 8.50. The fourth-order valence-corrected chi connectivity index (χ4v) is 6.59. The Bertz CT molecular complexity index is 1320. The van der Waals surface area contributed by atoms with Crippen molar-refractivity contribution in [3.05, 3.63) is 94.3 Å². The van der Waals surface area contributed by atoms with E-state index in [9.17, 15) is 9.59 Å². The minimum Gasteiger partial charge on any atom is -0.371 e. The Kier molecular flexibility index (Phi) is 6.37. The van der Waals surface area contributed by atoms with Crippen LogP contribution >= 0.6 is 11.6 Å². The van der Waals surface area contributed by atoms with Crippen molar-refractivity contribution in [2.24, 2.45) is 5.41 Å². The van der Waals surface area contributed by atoms with Gasteiger partial charge in [0.25, 0.3) is 11.8 Å². The standard InChI is InChI=1S/C30H31ClN4O2/c31-26-7-2-1-4-25(26)28(36)33-27-9-8-22-23(27)5-3-6-24(22)29(37)35-19-14-30(20-35)12-17-34(18-13-30)21-10-15-32-16-11-21/h1-7,10-11,15-16,27H,8-9,12-14,17-20H2,(H,33,36)/t27-/m0/s1. The van der Waals surface area contributed by atoms with Crippen molar-refractivity contribution >= 4 is 29.1 Å². The first-order valence-corrected chi connectivity index (χ1v) is 13.5. The molecule has 2 saturated heterocycles. The number of benzene rings is 2. The first kappa shape index (κ1) is 24.0. The summed E-state index contributed by atoms with van der Waals surface area (Å²) < 4.78 is 0. The average molecular weight is 515 g/mol. The molecule has 2 aliphatic heterocycles. The zero-order valence-electron chi connectivity index (χ0n) is 20.8. The van der Waals surface area contributed by atoms with E-state index in [1.807, 2.05) is 42.7 Å². The van der Waals surface area contributed by atoms with Crippen molar-refractivity contribution in [3.8, 4) is 0 Å². The molecule has 37 heavy (non-hydrogen) atoms. The molecule has 1 aromatic heterocycles. The normalized spacial score (nSPS) is 20.2. The topological polar surface area (TPSA) is 65.5 Å². The van der Waals surface area contributed by atoms with Crippen LogP contribution in [0.2, 0.25) is 5.02 Å². The highest BCUT2D eigenvalue weighted by Gasteiger charge is 2.43. The summed E-state index contributed by atoms with van der Waals surface area (Å²) in [5.41, 5.74) is 4.83. The average Bonchev–Trinajstić information content (AvgIpc) is 3.54. The molecule has 7 heteroatoms. The summed E-state index contributed by atoms with van der Waals surface area (Å²) in [5.74, 6) is -0.0526. The number of nitrogens with one attached hydrogen (secondary N) is 1. The molecular weight excluding hydrogens is 484 g/mol. The molecule has 190 valence electrons. The van der Waals surface area contributed by atoms with Crippen LogP contribution in [0.3, 0.4) is 0 Å². The Labute approximate surface area is 222 Å². The van der Waals surface area contributed by atoms with Crippen molar-refractivity contribution in [2.45, 2.75) is 38.1 Å². The van der Waals surface area contributed by atoms with Crippen LogP contribution in [0, 0.1) is 5.41 Å². The molecule has 2 fully saturated rings. The van der Waals surface area contributed by atoms with Crippen LogP contribution in [0.15, 0.2) is 67.0 Å². The summed E-state index contributed by atoms with van der Waals surface area (Å²) in [5, 5.41) is 3.58. The number of anilines is 1. The van der Waals surface area contributed by atoms with Gasteiger partial charge in [0.15, 0.2) is 0 Å². The van der Waals surface area contributed by atoms with Crippen LogP contribution in [-0.4, -0.2) is 47.9 Å². The third kappa shape index (κ3) is 4.59. The highest BCUT2D eigenvalue weighted by Crippen LogP contribution is 2.42. The van der Waals surface area contributed by atoms with Crippen molar-refractivity contribution in [3.63, 3.8) is 0 Å². The lowest BCUT2D eigenvalue weighted by atomic mass is 9.77. The Balaban J connectivity index is 1.13. The van der Waals surface area contributed by atoms with Gasteiger partial charge in [0.2, 0.25) is 0 Å². The molecule has 1 atom stereocenters. The van der Waals surface area contributed by atoms with Crippen LogP contribution in [0.5, 0.6) is 0 Å². The molecule has 3 aromatic rings. The molecule has 1 aliphatic carbocycles. The van der Waals surface area contributed by atoms with Crippen LogP contribution < -0.4 is 10.2 Å². The Morgan fingerprint density at radius 1 is 0.919 bits per heavy atom. The summed E-state index contributed by atoms with van der Waals surface area (Å²) >= 11 is 6.23. The maximum atomic E-state index is 13.7. The van der Waals surface area contributed by atoms with Crippen LogP contribution in [-0.2, 0) is 6.42 Å². The summed E-state index contributed by atoms with van der Waals surface area (Å²) in [4.78, 5) is 35.2. The van der Waals surface area contributed by atoms with Crippen LogP contribution in [0.4, 0.5) is 5.69 Å². The van der Waals surface area contributed by atoms with E-state index in [4.69, 9.17) is 11.6 Å². The molecule has 0 unspecified atom stereocenters. The van der Waals surface area contributed by atoms with Gasteiger partial charge in [-0.3, -0.25) is 14.6 Å². The fourth-order valence-electron chi connectivity index (χ4n) is 6.37. The largest absolute Gasteiger partial charge is 0.371 e. The van der Waals surface area contributed by atoms with Crippen LogP contribution in [0.25, 0.3) is 0 Å². The van der Waals surface area contributed by atoms with Gasteiger partial charge in [-0.2, -0.15) is 0 Å². The Hall–Kier alpha value is -3.38. The maximum absolute atomic E-state index is 13.7. The molecule has 0 saturated carbocycles. The highest BCUT2D eigenvalue weighted by molar-refractivity contribution is 6.33. The highest BCUT2D eigenvalue weighted by atomic mass is 35.5. The Morgan fingerprint density at radius 2 is 1.65 bits per heavy atom. The number of carbonyl (C=O) groups excluding carboxylic acids is 2. The summed E-state index contributed by atoms with van der Waals surface area (Å²) in [6, 6.07) is 17.1. The van der Waals surface area contributed by atoms with E-state index in [0.717, 1.165) is 75.0 Å². The second-order valence-electron chi connectivity index (χ2n) is 10.6. The van der Waals surface area contributed by atoms with Crippen molar-refractivity contribution < 1.29 is 9.59 Å². The van der Waals surface area contributed by atoms with E-state index >= 15 is 0 Å². The lowest BCUT2D eigenvalue weighted by Crippen LogP contribution is -2.42. The molecule has 1 spiro atoms. The van der Waals surface area contributed by atoms with Gasteiger partial charge in [-0.1, -0.05) is 35.9 Å². The smallest absolute Gasteiger partial charge is 0.254 e. The number of nitrogens with zero attached hydrogens (tertiary/aromatic N) is 3. The number of aromatic nitrogens is 1. The van der Waals surface area contributed by atoms with E-state index in [2.05, 4.69) is 32.2 Å². The van der Waals surface area contributed by atoms with E-state index in [1.165, 1.54) is 5.69 Å². The van der Waals surface area contributed by atoms with Gasteiger partial charge in [-0.15, -0.1) is 0 Å². The van der Waals surface area contributed by atoms with Crippen LogP contribution in [0.1, 0.15) is 63.6 Å². The first-order chi connectivity index (χ1) is 18.0. The quantitative estimate of drug-likeness (QED) is 0.514. The zero-order valence-corrected chi connectivity index (χ0v) is 21.6. The van der Waals surface area contributed by atoms with E-state index in [-0.39, 0.29) is 23.3 Å². The monoisotopic (exact) mass is 514 g/mol. The van der Waals surface area contributed by atoms with Gasteiger partial charge in [0.05, 0.1) is 16.6 Å². The minimum absolute atomic E-state index is 0.117. The summed E-state index contributed by atoms with van der Waals surface area (Å²) in [7, 11) is 0. The lowest BCUT2D eigenvalue weighted by Gasteiger charge is -2.40.